The van der Waals surface area contributed by atoms with Gasteiger partial charge in [-0.3, -0.25) is 4.79 Å². The molecule has 96 valence electrons. The number of nitrogens with zero attached hydrogens (tertiary/aromatic N) is 3. The van der Waals surface area contributed by atoms with E-state index < -0.39 is 0 Å². The van der Waals surface area contributed by atoms with Gasteiger partial charge in [0.1, 0.15) is 6.33 Å². The molecule has 6 heteroatoms. The molecular formula is C12H14FN3O2. The van der Waals surface area contributed by atoms with Crippen molar-refractivity contribution in [1.29, 1.82) is 0 Å². The lowest BCUT2D eigenvalue weighted by atomic mass is 10.0. The van der Waals surface area contributed by atoms with Crippen molar-refractivity contribution in [3.63, 3.8) is 0 Å². The molecule has 18 heavy (non-hydrogen) atoms. The topological polar surface area (TPSA) is 55.3 Å². The van der Waals surface area contributed by atoms with Gasteiger partial charge in [-0.1, -0.05) is 0 Å². The van der Waals surface area contributed by atoms with Crippen LogP contribution in [0.3, 0.4) is 0 Å². The van der Waals surface area contributed by atoms with Crippen molar-refractivity contribution in [3.8, 4) is 0 Å². The Bertz CT molecular complexity index is 484. The van der Waals surface area contributed by atoms with E-state index in [-0.39, 0.29) is 23.6 Å². The summed E-state index contributed by atoms with van der Waals surface area (Å²) in [5, 5.41) is 0. The Morgan fingerprint density at radius 2 is 2.17 bits per heavy atom. The highest BCUT2D eigenvalue weighted by atomic mass is 19.1. The van der Waals surface area contributed by atoms with Crippen LogP contribution in [0, 0.1) is 11.7 Å². The minimum atomic E-state index is -0.330. The van der Waals surface area contributed by atoms with Gasteiger partial charge >= 0.3 is 5.97 Å². The van der Waals surface area contributed by atoms with Crippen molar-refractivity contribution < 1.29 is 13.9 Å². The fraction of sp³-hybridized carbons (Fsp3) is 0.583. The number of hydrogen-bond acceptors (Lipinski definition) is 5. The summed E-state index contributed by atoms with van der Waals surface area (Å²) in [5.41, 5.74) is 0.515. The average molecular weight is 251 g/mol. The third-order valence-corrected chi connectivity index (χ3v) is 3.48. The quantitative estimate of drug-likeness (QED) is 0.753. The maximum absolute atomic E-state index is 14.2. The summed E-state index contributed by atoms with van der Waals surface area (Å²) in [4.78, 5) is 21.0. The van der Waals surface area contributed by atoms with E-state index in [1.54, 1.807) is 4.90 Å². The SMILES string of the molecule is COC(=O)C1CN(c2ncnc(C3CC3)c2F)C1. The molecule has 0 aromatic carbocycles. The predicted molar refractivity (Wildman–Crippen MR) is 61.7 cm³/mol. The molecule has 1 saturated carbocycles. The lowest BCUT2D eigenvalue weighted by Gasteiger charge is -2.38. The van der Waals surface area contributed by atoms with Gasteiger partial charge in [0.15, 0.2) is 11.6 Å². The molecule has 0 atom stereocenters. The number of anilines is 1. The summed E-state index contributed by atoms with van der Waals surface area (Å²) in [7, 11) is 1.36. The summed E-state index contributed by atoms with van der Waals surface area (Å²) in [6, 6.07) is 0. The first-order valence-electron chi connectivity index (χ1n) is 6.04. The van der Waals surface area contributed by atoms with E-state index in [9.17, 15) is 9.18 Å². The van der Waals surface area contributed by atoms with Crippen molar-refractivity contribution in [3.05, 3.63) is 17.8 Å². The highest BCUT2D eigenvalue weighted by Crippen LogP contribution is 2.41. The largest absolute Gasteiger partial charge is 0.469 e. The zero-order valence-electron chi connectivity index (χ0n) is 10.1. The molecule has 1 aromatic rings. The predicted octanol–water partition coefficient (Wildman–Crippen LogP) is 1.10. The van der Waals surface area contributed by atoms with Crippen LogP contribution in [0.1, 0.15) is 24.5 Å². The van der Waals surface area contributed by atoms with E-state index in [1.165, 1.54) is 13.4 Å². The molecule has 1 aliphatic heterocycles. The molecule has 3 rings (SSSR count). The van der Waals surface area contributed by atoms with Gasteiger partial charge in [0.2, 0.25) is 0 Å². The van der Waals surface area contributed by atoms with E-state index in [1.807, 2.05) is 0 Å². The first kappa shape index (κ1) is 11.4. The maximum atomic E-state index is 14.2. The Morgan fingerprint density at radius 1 is 1.44 bits per heavy atom. The number of halogens is 1. The molecule has 0 amide bonds. The van der Waals surface area contributed by atoms with Gasteiger partial charge in [-0.25, -0.2) is 14.4 Å². The smallest absolute Gasteiger partial charge is 0.312 e. The summed E-state index contributed by atoms with van der Waals surface area (Å²) in [6.07, 6.45) is 3.40. The lowest BCUT2D eigenvalue weighted by Crippen LogP contribution is -2.51. The summed E-state index contributed by atoms with van der Waals surface area (Å²) >= 11 is 0. The molecule has 5 nitrogen and oxygen atoms in total. The summed E-state index contributed by atoms with van der Waals surface area (Å²) in [6.45, 7) is 0.926. The van der Waals surface area contributed by atoms with Gasteiger partial charge in [0.05, 0.1) is 18.7 Å². The minimum absolute atomic E-state index is 0.172. The molecule has 1 saturated heterocycles. The maximum Gasteiger partial charge on any atom is 0.312 e. The normalized spacial score (nSPS) is 19.6. The van der Waals surface area contributed by atoms with E-state index in [0.29, 0.717) is 24.6 Å². The molecule has 1 aromatic heterocycles. The van der Waals surface area contributed by atoms with Gasteiger partial charge in [0.25, 0.3) is 0 Å². The number of hydrogen-bond donors (Lipinski definition) is 0. The second-order valence-electron chi connectivity index (χ2n) is 4.80. The molecular weight excluding hydrogens is 237 g/mol. The third-order valence-electron chi connectivity index (χ3n) is 3.48. The highest BCUT2D eigenvalue weighted by molar-refractivity contribution is 5.76. The number of aromatic nitrogens is 2. The summed E-state index contributed by atoms with van der Waals surface area (Å²) in [5.74, 6) is -0.184. The number of carbonyl (C=O) groups excluding carboxylic acids is 1. The standard InChI is InChI=1S/C12H14FN3O2/c1-18-12(17)8-4-16(5-8)11-9(13)10(7-2-3-7)14-6-15-11/h6-8H,2-5H2,1H3. The zero-order chi connectivity index (χ0) is 12.7. The van der Waals surface area contributed by atoms with Crippen LogP contribution in [-0.2, 0) is 9.53 Å². The molecule has 0 unspecified atom stereocenters. The van der Waals surface area contributed by atoms with Crippen LogP contribution in [0.2, 0.25) is 0 Å². The second-order valence-corrected chi connectivity index (χ2v) is 4.80. The number of rotatable bonds is 3. The van der Waals surface area contributed by atoms with Crippen molar-refractivity contribution in [2.24, 2.45) is 5.92 Å². The van der Waals surface area contributed by atoms with Gasteiger partial charge < -0.3 is 9.64 Å². The van der Waals surface area contributed by atoms with Crippen LogP contribution in [0.15, 0.2) is 6.33 Å². The molecule has 1 aliphatic carbocycles. The second kappa shape index (κ2) is 4.19. The molecule has 0 spiro atoms. The molecule has 0 bridgehead atoms. The molecule has 2 heterocycles. The molecule has 2 fully saturated rings. The van der Waals surface area contributed by atoms with E-state index in [4.69, 9.17) is 0 Å². The highest BCUT2D eigenvalue weighted by Gasteiger charge is 2.37. The molecule has 0 radical (unpaired) electrons. The summed E-state index contributed by atoms with van der Waals surface area (Å²) < 4.78 is 18.8. The minimum Gasteiger partial charge on any atom is -0.469 e. The first-order chi connectivity index (χ1) is 8.70. The van der Waals surface area contributed by atoms with Gasteiger partial charge in [-0.2, -0.15) is 0 Å². The number of ether oxygens (including phenoxy) is 1. The first-order valence-corrected chi connectivity index (χ1v) is 6.04. The molecule has 2 aliphatic rings. The van der Waals surface area contributed by atoms with Gasteiger partial charge in [-0.15, -0.1) is 0 Å². The lowest BCUT2D eigenvalue weighted by molar-refractivity contribution is -0.146. The van der Waals surface area contributed by atoms with Crippen molar-refractivity contribution in [2.45, 2.75) is 18.8 Å². The number of methoxy groups -OCH3 is 1. The third kappa shape index (κ3) is 1.81. The number of carbonyl (C=O) groups is 1. The van der Waals surface area contributed by atoms with Crippen LogP contribution in [0.4, 0.5) is 10.2 Å². The fourth-order valence-electron chi connectivity index (χ4n) is 2.20. The van der Waals surface area contributed by atoms with E-state index >= 15 is 0 Å². The van der Waals surface area contributed by atoms with Crippen LogP contribution >= 0.6 is 0 Å². The molecule has 0 N–H and O–H groups in total. The van der Waals surface area contributed by atoms with E-state index in [0.717, 1.165) is 12.8 Å². The Balaban J connectivity index is 1.74. The number of esters is 1. The van der Waals surface area contributed by atoms with E-state index in [2.05, 4.69) is 14.7 Å². The van der Waals surface area contributed by atoms with Crippen LogP contribution < -0.4 is 4.90 Å². The van der Waals surface area contributed by atoms with Crippen LogP contribution in [-0.4, -0.2) is 36.1 Å². The fourth-order valence-corrected chi connectivity index (χ4v) is 2.20. The van der Waals surface area contributed by atoms with Crippen molar-refractivity contribution in [2.75, 3.05) is 25.1 Å². The van der Waals surface area contributed by atoms with Gasteiger partial charge in [0, 0.05) is 19.0 Å². The van der Waals surface area contributed by atoms with Crippen molar-refractivity contribution in [1.82, 2.24) is 9.97 Å². The van der Waals surface area contributed by atoms with Crippen LogP contribution in [0.5, 0.6) is 0 Å². The Hall–Kier alpha value is -1.72. The zero-order valence-corrected chi connectivity index (χ0v) is 10.1. The van der Waals surface area contributed by atoms with Crippen LogP contribution in [0.25, 0.3) is 0 Å². The monoisotopic (exact) mass is 251 g/mol. The van der Waals surface area contributed by atoms with Crippen molar-refractivity contribution >= 4 is 11.8 Å². The Labute approximate surface area is 104 Å². The van der Waals surface area contributed by atoms with Gasteiger partial charge in [-0.05, 0) is 12.8 Å². The Morgan fingerprint density at radius 3 is 2.78 bits per heavy atom. The Kier molecular flexibility index (Phi) is 2.65. The average Bonchev–Trinajstić information content (AvgIpc) is 3.13.